The monoisotopic (exact) mass is 269 g/mol. The van der Waals surface area contributed by atoms with E-state index in [1.807, 2.05) is 10.6 Å². The zero-order chi connectivity index (χ0) is 12.2. The van der Waals surface area contributed by atoms with Gasteiger partial charge >= 0.3 is 0 Å². The van der Waals surface area contributed by atoms with Crippen LogP contribution in [-0.2, 0) is 6.54 Å². The molecule has 0 saturated heterocycles. The number of imidazole rings is 1. The molecule has 0 unspecified atom stereocenters. The lowest BCUT2D eigenvalue weighted by atomic mass is 10.1. The zero-order valence-electron chi connectivity index (χ0n) is 9.50. The molecule has 0 bridgehead atoms. The highest BCUT2D eigenvalue weighted by atomic mass is 35.5. The molecule has 1 saturated carbocycles. The number of rotatable bonds is 2. The van der Waals surface area contributed by atoms with Crippen molar-refractivity contribution in [3.63, 3.8) is 0 Å². The van der Waals surface area contributed by atoms with Crippen molar-refractivity contribution < 1.29 is 0 Å². The fraction of sp³-hybridized carbons (Fsp3) is 0.417. The number of anilines is 1. The number of nitrogens with two attached hydrogens (primary N) is 1. The SMILES string of the molecule is CC1(Cn2c(N)nc3cc(Cl)c(Cl)cc32)CC1. The van der Waals surface area contributed by atoms with Crippen LogP contribution in [0.1, 0.15) is 19.8 Å². The van der Waals surface area contributed by atoms with Gasteiger partial charge in [0, 0.05) is 6.54 Å². The summed E-state index contributed by atoms with van der Waals surface area (Å²) < 4.78 is 2.03. The van der Waals surface area contributed by atoms with Crippen molar-refractivity contribution in [3.8, 4) is 0 Å². The fourth-order valence-corrected chi connectivity index (χ4v) is 2.37. The highest BCUT2D eigenvalue weighted by molar-refractivity contribution is 6.42. The molecule has 0 aliphatic heterocycles. The molecule has 2 aromatic rings. The first-order valence-electron chi connectivity index (χ1n) is 5.59. The van der Waals surface area contributed by atoms with Gasteiger partial charge in [0.05, 0.1) is 21.1 Å². The van der Waals surface area contributed by atoms with E-state index in [-0.39, 0.29) is 0 Å². The zero-order valence-corrected chi connectivity index (χ0v) is 11.0. The Kier molecular flexibility index (Phi) is 2.32. The summed E-state index contributed by atoms with van der Waals surface area (Å²) in [6.45, 7) is 3.16. The van der Waals surface area contributed by atoms with Crippen LogP contribution in [0.25, 0.3) is 11.0 Å². The Morgan fingerprint density at radius 2 is 2.00 bits per heavy atom. The summed E-state index contributed by atoms with van der Waals surface area (Å²) in [5.41, 5.74) is 8.09. The number of hydrogen-bond donors (Lipinski definition) is 1. The Morgan fingerprint density at radius 3 is 2.65 bits per heavy atom. The lowest BCUT2D eigenvalue weighted by Crippen LogP contribution is -2.10. The number of benzene rings is 1. The van der Waals surface area contributed by atoms with Crippen LogP contribution in [0.4, 0.5) is 5.95 Å². The summed E-state index contributed by atoms with van der Waals surface area (Å²) >= 11 is 12.0. The van der Waals surface area contributed by atoms with Gasteiger partial charge in [0.15, 0.2) is 0 Å². The van der Waals surface area contributed by atoms with E-state index in [0.717, 1.165) is 17.6 Å². The van der Waals surface area contributed by atoms with Gasteiger partial charge in [-0.3, -0.25) is 0 Å². The number of nitrogens with zero attached hydrogens (tertiary/aromatic N) is 2. The number of fused-ring (bicyclic) bond motifs is 1. The first-order valence-corrected chi connectivity index (χ1v) is 6.35. The number of aromatic nitrogens is 2. The van der Waals surface area contributed by atoms with Crippen LogP contribution in [-0.4, -0.2) is 9.55 Å². The van der Waals surface area contributed by atoms with E-state index in [0.29, 0.717) is 21.4 Å². The first-order chi connectivity index (χ1) is 7.98. The molecule has 0 spiro atoms. The predicted octanol–water partition coefficient (Wildman–Crippen LogP) is 3.73. The molecule has 1 aliphatic carbocycles. The third-order valence-electron chi connectivity index (χ3n) is 3.46. The lowest BCUT2D eigenvalue weighted by molar-refractivity contribution is 0.476. The predicted molar refractivity (Wildman–Crippen MR) is 71.5 cm³/mol. The van der Waals surface area contributed by atoms with Gasteiger partial charge in [-0.2, -0.15) is 0 Å². The molecule has 2 N–H and O–H groups in total. The molecule has 1 heterocycles. The normalized spacial score (nSPS) is 17.6. The number of nitrogen functional groups attached to an aromatic ring is 1. The van der Waals surface area contributed by atoms with Gasteiger partial charge in [0.25, 0.3) is 0 Å². The smallest absolute Gasteiger partial charge is 0.201 e. The van der Waals surface area contributed by atoms with Gasteiger partial charge in [0.1, 0.15) is 0 Å². The molecule has 5 heteroatoms. The first kappa shape index (κ1) is 11.2. The number of halogens is 2. The van der Waals surface area contributed by atoms with Gasteiger partial charge in [-0.05, 0) is 30.4 Å². The molecule has 0 amide bonds. The Bertz CT molecular complexity index is 599. The quantitative estimate of drug-likeness (QED) is 0.903. The second-order valence-electron chi connectivity index (χ2n) is 5.12. The summed E-state index contributed by atoms with van der Waals surface area (Å²) in [7, 11) is 0. The fourth-order valence-electron chi connectivity index (χ4n) is 2.06. The second kappa shape index (κ2) is 3.53. The Hall–Kier alpha value is -0.930. The third kappa shape index (κ3) is 1.87. The minimum absolute atomic E-state index is 0.369. The molecular weight excluding hydrogens is 257 g/mol. The minimum atomic E-state index is 0.369. The van der Waals surface area contributed by atoms with Crippen LogP contribution in [0.5, 0.6) is 0 Å². The van der Waals surface area contributed by atoms with Crippen molar-refractivity contribution in [1.82, 2.24) is 9.55 Å². The van der Waals surface area contributed by atoms with E-state index < -0.39 is 0 Å². The third-order valence-corrected chi connectivity index (χ3v) is 4.19. The summed E-state index contributed by atoms with van der Waals surface area (Å²) in [5, 5.41) is 1.06. The van der Waals surface area contributed by atoms with Crippen molar-refractivity contribution in [2.24, 2.45) is 5.41 Å². The molecule has 0 radical (unpaired) electrons. The van der Waals surface area contributed by atoms with Crippen molar-refractivity contribution in [3.05, 3.63) is 22.2 Å². The van der Waals surface area contributed by atoms with Crippen molar-refractivity contribution >= 4 is 40.2 Å². The van der Waals surface area contributed by atoms with Crippen LogP contribution in [0.2, 0.25) is 10.0 Å². The maximum atomic E-state index is 6.04. The maximum Gasteiger partial charge on any atom is 0.201 e. The molecule has 1 aromatic heterocycles. The Balaban J connectivity index is 2.16. The molecular formula is C12H13Cl2N3. The molecule has 3 rings (SSSR count). The van der Waals surface area contributed by atoms with Gasteiger partial charge in [-0.15, -0.1) is 0 Å². The Labute approximate surface area is 110 Å². The molecule has 1 aliphatic rings. The topological polar surface area (TPSA) is 43.8 Å². The van der Waals surface area contributed by atoms with Gasteiger partial charge in [-0.25, -0.2) is 4.98 Å². The summed E-state index contributed by atoms with van der Waals surface area (Å²) in [6, 6.07) is 3.61. The van der Waals surface area contributed by atoms with Crippen molar-refractivity contribution in [2.75, 3.05) is 5.73 Å². The summed E-state index contributed by atoms with van der Waals surface area (Å²) in [6.07, 6.45) is 2.49. The molecule has 1 aromatic carbocycles. The van der Waals surface area contributed by atoms with Crippen molar-refractivity contribution in [1.29, 1.82) is 0 Å². The number of hydrogen-bond acceptors (Lipinski definition) is 2. The highest BCUT2D eigenvalue weighted by Gasteiger charge is 2.38. The standard InChI is InChI=1S/C12H13Cl2N3/c1-12(2-3-12)6-17-10-5-8(14)7(13)4-9(10)16-11(17)15/h4-5H,2-3,6H2,1H3,(H2,15,16). The maximum absolute atomic E-state index is 6.04. The largest absolute Gasteiger partial charge is 0.369 e. The molecule has 3 nitrogen and oxygen atoms in total. The van der Waals surface area contributed by atoms with Crippen molar-refractivity contribution in [2.45, 2.75) is 26.3 Å². The molecule has 1 fully saturated rings. The lowest BCUT2D eigenvalue weighted by Gasteiger charge is -2.11. The minimum Gasteiger partial charge on any atom is -0.369 e. The van der Waals surface area contributed by atoms with Crippen LogP contribution in [0, 0.1) is 5.41 Å². The van der Waals surface area contributed by atoms with Crippen LogP contribution >= 0.6 is 23.2 Å². The molecule has 90 valence electrons. The molecule has 17 heavy (non-hydrogen) atoms. The summed E-state index contributed by atoms with van der Waals surface area (Å²) in [5.74, 6) is 0.534. The van der Waals surface area contributed by atoms with E-state index >= 15 is 0 Å². The molecule has 0 atom stereocenters. The average Bonchev–Trinajstić information content (AvgIpc) is 2.91. The van der Waals surface area contributed by atoms with E-state index in [1.165, 1.54) is 12.8 Å². The van der Waals surface area contributed by atoms with Gasteiger partial charge in [0.2, 0.25) is 5.95 Å². The van der Waals surface area contributed by atoms with Crippen LogP contribution < -0.4 is 5.73 Å². The summed E-state index contributed by atoms with van der Waals surface area (Å²) in [4.78, 5) is 4.32. The van der Waals surface area contributed by atoms with Gasteiger partial charge < -0.3 is 10.3 Å². The van der Waals surface area contributed by atoms with E-state index in [1.54, 1.807) is 6.07 Å². The van der Waals surface area contributed by atoms with Crippen LogP contribution in [0.15, 0.2) is 12.1 Å². The van der Waals surface area contributed by atoms with E-state index in [4.69, 9.17) is 28.9 Å². The van der Waals surface area contributed by atoms with Gasteiger partial charge in [-0.1, -0.05) is 30.1 Å². The van der Waals surface area contributed by atoms with Crippen LogP contribution in [0.3, 0.4) is 0 Å². The highest BCUT2D eigenvalue weighted by Crippen LogP contribution is 2.47. The van der Waals surface area contributed by atoms with E-state index in [2.05, 4.69) is 11.9 Å². The average molecular weight is 270 g/mol. The Morgan fingerprint density at radius 1 is 1.35 bits per heavy atom. The van der Waals surface area contributed by atoms with E-state index in [9.17, 15) is 0 Å². The second-order valence-corrected chi connectivity index (χ2v) is 5.94.